The second-order valence-corrected chi connectivity index (χ2v) is 12.7. The normalized spacial score (nSPS) is 16.9. The molecule has 0 saturated carbocycles. The number of ketones is 2. The van der Waals surface area contributed by atoms with Crippen LogP contribution in [-0.4, -0.2) is 58.3 Å². The third kappa shape index (κ3) is 7.47. The zero-order valence-electron chi connectivity index (χ0n) is 19.9. The van der Waals surface area contributed by atoms with E-state index in [4.69, 9.17) is 10.3 Å². The maximum atomic E-state index is 13.1. The van der Waals surface area contributed by atoms with E-state index in [1.165, 1.54) is 42.5 Å². The van der Waals surface area contributed by atoms with E-state index in [0.29, 0.717) is 0 Å². The summed E-state index contributed by atoms with van der Waals surface area (Å²) in [5.74, 6) is -2.25. The minimum atomic E-state index is -5.04. The van der Waals surface area contributed by atoms with E-state index in [-0.39, 0.29) is 27.4 Å². The first-order chi connectivity index (χ1) is 18.0. The van der Waals surface area contributed by atoms with Crippen LogP contribution in [0.25, 0.3) is 0 Å². The number of Topliss-reactive ketones (excluding diaryl/α,β-unsaturated/α-hetero) is 2. The van der Waals surface area contributed by atoms with Crippen LogP contribution in [0.1, 0.15) is 27.1 Å². The van der Waals surface area contributed by atoms with Crippen molar-refractivity contribution >= 4 is 47.6 Å². The molecule has 16 heteroatoms. The van der Waals surface area contributed by atoms with Gasteiger partial charge in [0, 0.05) is 28.1 Å². The van der Waals surface area contributed by atoms with Gasteiger partial charge in [0.25, 0.3) is 10.1 Å². The number of nitrogens with one attached hydrogen (secondary N) is 1. The van der Waals surface area contributed by atoms with Crippen molar-refractivity contribution in [2.24, 2.45) is 5.73 Å². The van der Waals surface area contributed by atoms with Crippen LogP contribution in [0.2, 0.25) is 0 Å². The fraction of sp³-hybridized carbons (Fsp3) is 0.130. The molecule has 0 unspecified atom stereocenters. The Morgan fingerprint density at radius 1 is 0.949 bits per heavy atom. The number of sulfone groups is 1. The van der Waals surface area contributed by atoms with Crippen LogP contribution in [-0.2, 0) is 34.5 Å². The van der Waals surface area contributed by atoms with Gasteiger partial charge in [0.15, 0.2) is 21.4 Å². The number of rotatable bonds is 8. The molecule has 0 aliphatic heterocycles. The molecule has 1 aliphatic rings. The summed E-state index contributed by atoms with van der Waals surface area (Å²) in [5, 5.41) is 2.73. The highest BCUT2D eigenvalue weighted by Gasteiger charge is 2.27. The number of hydrogen-bond donors (Lipinski definition) is 4. The zero-order chi connectivity index (χ0) is 29.2. The van der Waals surface area contributed by atoms with Crippen molar-refractivity contribution in [3.63, 3.8) is 0 Å². The van der Waals surface area contributed by atoms with Gasteiger partial charge >= 0.3 is 10.4 Å². The summed E-state index contributed by atoms with van der Waals surface area (Å²) in [5.41, 5.74) is 4.57. The third-order valence-corrected chi connectivity index (χ3v) is 8.39. The maximum Gasteiger partial charge on any atom is 0.397 e. The van der Waals surface area contributed by atoms with Crippen LogP contribution in [0.15, 0.2) is 88.0 Å². The highest BCUT2D eigenvalue weighted by molar-refractivity contribution is 7.91. The molecule has 0 atom stereocenters. The average Bonchev–Trinajstić information content (AvgIpc) is 2.84. The van der Waals surface area contributed by atoms with Crippen molar-refractivity contribution in [3.05, 3.63) is 94.2 Å². The van der Waals surface area contributed by atoms with Crippen molar-refractivity contribution in [2.75, 3.05) is 17.7 Å². The maximum absolute atomic E-state index is 13.1. The van der Waals surface area contributed by atoms with E-state index in [0.717, 1.165) is 12.1 Å². The van der Waals surface area contributed by atoms with Gasteiger partial charge in [-0.1, -0.05) is 36.9 Å². The van der Waals surface area contributed by atoms with Crippen LogP contribution in [0.3, 0.4) is 0 Å². The Morgan fingerprint density at radius 2 is 1.59 bits per heavy atom. The first-order valence-corrected chi connectivity index (χ1v) is 15.2. The van der Waals surface area contributed by atoms with E-state index in [2.05, 4.69) is 16.1 Å². The fourth-order valence-corrected chi connectivity index (χ4v) is 5.75. The van der Waals surface area contributed by atoms with E-state index in [1.54, 1.807) is 0 Å². The lowest BCUT2D eigenvalue weighted by molar-refractivity contribution is 0.0975. The number of nitrogens with two attached hydrogens (primary N) is 1. The molecule has 0 radical (unpaired) electrons. The van der Waals surface area contributed by atoms with E-state index in [9.17, 15) is 39.4 Å². The summed E-state index contributed by atoms with van der Waals surface area (Å²) in [6, 6.07) is 10.7. The molecule has 0 saturated heterocycles. The topological polar surface area (TPSA) is 224 Å². The molecule has 5 N–H and O–H groups in total. The summed E-state index contributed by atoms with van der Waals surface area (Å²) in [6.45, 7) is 2.67. The second-order valence-electron chi connectivity index (χ2n) is 8.10. The summed E-state index contributed by atoms with van der Waals surface area (Å²) >= 11 is 0. The molecule has 39 heavy (non-hydrogen) atoms. The lowest BCUT2D eigenvalue weighted by atomic mass is 9.92. The molecular formula is C23H22N2O11S3. The molecule has 13 nitrogen and oxygen atoms in total. The predicted molar refractivity (Wildman–Crippen MR) is 139 cm³/mol. The quantitative estimate of drug-likeness (QED) is 0.251. The first kappa shape index (κ1) is 29.9. The van der Waals surface area contributed by atoms with Gasteiger partial charge in [-0.25, -0.2) is 12.6 Å². The Balaban J connectivity index is 2.08. The number of fused-ring (bicyclic) bond motifs is 1. The zero-order valence-corrected chi connectivity index (χ0v) is 22.3. The lowest BCUT2D eigenvalue weighted by Gasteiger charge is -2.17. The number of hydrogen-bond acceptors (Lipinski definition) is 11. The van der Waals surface area contributed by atoms with Gasteiger partial charge in [-0.15, -0.1) is 0 Å². The molecule has 0 spiro atoms. The van der Waals surface area contributed by atoms with Crippen LogP contribution >= 0.6 is 0 Å². The van der Waals surface area contributed by atoms with Gasteiger partial charge < -0.3 is 11.1 Å². The molecule has 1 aliphatic carbocycles. The standard InChI is InChI=1S/C23H22N2O11S3/c1-14-22(24)21(38(30,31)32)13-16(12-20(26)18-7-2-3-8-19(18)23(14)27)25-15-5-4-6-17(11-15)37(28,29)10-9-36-39(33,34)35/h2-8,11,13,25H,1,9-10,12,24H2,(H,30,31,32)(H,33,34,35)/b16-13+,22-21?. The summed E-state index contributed by atoms with van der Waals surface area (Å²) < 4.78 is 93.3. The highest BCUT2D eigenvalue weighted by Crippen LogP contribution is 2.27. The smallest absolute Gasteiger partial charge is 0.397 e. The molecule has 0 heterocycles. The van der Waals surface area contributed by atoms with Gasteiger partial charge in [-0.3, -0.25) is 18.7 Å². The number of benzene rings is 2. The van der Waals surface area contributed by atoms with Gasteiger partial charge in [0.2, 0.25) is 0 Å². The van der Waals surface area contributed by atoms with Crippen molar-refractivity contribution in [1.29, 1.82) is 0 Å². The summed E-state index contributed by atoms with van der Waals surface area (Å²) in [4.78, 5) is 24.8. The van der Waals surface area contributed by atoms with Crippen molar-refractivity contribution in [2.45, 2.75) is 11.3 Å². The molecule has 0 amide bonds. The Morgan fingerprint density at radius 3 is 2.21 bits per heavy atom. The van der Waals surface area contributed by atoms with Crippen LogP contribution in [0.4, 0.5) is 5.69 Å². The van der Waals surface area contributed by atoms with Crippen LogP contribution < -0.4 is 11.1 Å². The van der Waals surface area contributed by atoms with Gasteiger partial charge in [0.1, 0.15) is 4.91 Å². The molecule has 0 aromatic heterocycles. The van der Waals surface area contributed by atoms with E-state index < -0.39 is 76.9 Å². The minimum absolute atomic E-state index is 0.00498. The van der Waals surface area contributed by atoms with Crippen molar-refractivity contribution < 1.29 is 48.1 Å². The Labute approximate surface area is 224 Å². The van der Waals surface area contributed by atoms with Crippen LogP contribution in [0.5, 0.6) is 0 Å². The Bertz CT molecular complexity index is 1760. The Kier molecular flexibility index (Phi) is 8.59. The van der Waals surface area contributed by atoms with Gasteiger partial charge in [0.05, 0.1) is 29.4 Å². The van der Waals surface area contributed by atoms with E-state index >= 15 is 0 Å². The third-order valence-electron chi connectivity index (χ3n) is 5.35. The molecule has 2 aromatic rings. The average molecular weight is 599 g/mol. The molecule has 208 valence electrons. The number of allylic oxidation sites excluding steroid dienone is 3. The monoisotopic (exact) mass is 598 g/mol. The number of carbonyl (C=O) groups excluding carboxylic acids is 2. The highest BCUT2D eigenvalue weighted by atomic mass is 32.3. The minimum Gasteiger partial charge on any atom is -0.397 e. The van der Waals surface area contributed by atoms with Crippen molar-refractivity contribution in [3.8, 4) is 0 Å². The van der Waals surface area contributed by atoms with Gasteiger partial charge in [-0.2, -0.15) is 16.8 Å². The van der Waals surface area contributed by atoms with E-state index in [1.807, 2.05) is 0 Å². The predicted octanol–water partition coefficient (Wildman–Crippen LogP) is 1.66. The SMILES string of the molecule is C=C1C(=O)c2ccccc2C(=O)C/C(Nc2cccc(S(=O)(=O)CCOS(=O)(=O)O)c2)=C\C(S(=O)(=O)O)=C1N. The number of carbonyl (C=O) groups is 2. The molecule has 2 aromatic carbocycles. The lowest BCUT2D eigenvalue weighted by Crippen LogP contribution is -2.21. The summed E-state index contributed by atoms with van der Waals surface area (Å²) in [7, 11) is -14.0. The second kappa shape index (κ2) is 11.2. The first-order valence-electron chi connectivity index (χ1n) is 10.8. The van der Waals surface area contributed by atoms with Crippen molar-refractivity contribution in [1.82, 2.24) is 0 Å². The molecule has 3 rings (SSSR count). The fourth-order valence-electron chi connectivity index (χ4n) is 3.53. The molecular weight excluding hydrogens is 576 g/mol. The molecule has 0 fully saturated rings. The largest absolute Gasteiger partial charge is 0.397 e. The Hall–Kier alpha value is -3.67. The van der Waals surface area contributed by atoms with Gasteiger partial charge in [-0.05, 0) is 24.3 Å². The molecule has 0 bridgehead atoms. The summed E-state index contributed by atoms with van der Waals surface area (Å²) in [6.07, 6.45) is 0.304. The number of anilines is 1. The van der Waals surface area contributed by atoms with Crippen LogP contribution in [0, 0.1) is 0 Å².